The van der Waals surface area contributed by atoms with Gasteiger partial charge in [-0.25, -0.2) is 8.42 Å². The molecule has 1 aromatic carbocycles. The first-order valence-corrected chi connectivity index (χ1v) is 7.01. The van der Waals surface area contributed by atoms with E-state index in [-0.39, 0.29) is 23.5 Å². The predicted octanol–water partition coefficient (Wildman–Crippen LogP) is 1.76. The molecule has 0 radical (unpaired) electrons. The molecule has 0 unspecified atom stereocenters. The molecule has 0 aliphatic carbocycles. The van der Waals surface area contributed by atoms with Gasteiger partial charge in [-0.05, 0) is 24.6 Å². The average Bonchev–Trinajstić information content (AvgIpc) is 2.32. The number of anilines is 1. The van der Waals surface area contributed by atoms with Crippen molar-refractivity contribution >= 4 is 27.3 Å². The smallest absolute Gasteiger partial charge is 0.242 e. The van der Waals surface area contributed by atoms with Crippen LogP contribution in [0, 0.1) is 18.3 Å². The van der Waals surface area contributed by atoms with Gasteiger partial charge < -0.3 is 5.73 Å². The van der Waals surface area contributed by atoms with E-state index in [1.165, 1.54) is 19.2 Å². The van der Waals surface area contributed by atoms with Gasteiger partial charge in [-0.3, -0.25) is 0 Å². The van der Waals surface area contributed by atoms with Crippen molar-refractivity contribution in [2.45, 2.75) is 18.2 Å². The third-order valence-electron chi connectivity index (χ3n) is 2.50. The second-order valence-corrected chi connectivity index (χ2v) is 6.30. The topological polar surface area (TPSA) is 87.2 Å². The van der Waals surface area contributed by atoms with E-state index in [9.17, 15) is 8.42 Å². The zero-order valence-corrected chi connectivity index (χ0v) is 11.7. The van der Waals surface area contributed by atoms with Crippen molar-refractivity contribution in [2.24, 2.45) is 0 Å². The third kappa shape index (κ3) is 2.93. The fourth-order valence-electron chi connectivity index (χ4n) is 1.42. The van der Waals surface area contributed by atoms with E-state index < -0.39 is 10.0 Å². The number of rotatable bonds is 4. The molecule has 0 heterocycles. The van der Waals surface area contributed by atoms with Crippen molar-refractivity contribution < 1.29 is 8.42 Å². The maximum Gasteiger partial charge on any atom is 0.242 e. The highest BCUT2D eigenvalue weighted by Crippen LogP contribution is 2.28. The highest BCUT2D eigenvalue weighted by molar-refractivity contribution is 7.89. The number of nitriles is 1. The second kappa shape index (κ2) is 5.57. The van der Waals surface area contributed by atoms with Crippen LogP contribution in [0.4, 0.5) is 5.69 Å². The minimum Gasteiger partial charge on any atom is -0.397 e. The average molecular weight is 288 g/mol. The summed E-state index contributed by atoms with van der Waals surface area (Å²) in [6, 6.07) is 4.70. The van der Waals surface area contributed by atoms with Crippen LogP contribution < -0.4 is 5.73 Å². The lowest BCUT2D eigenvalue weighted by Gasteiger charge is -2.17. The van der Waals surface area contributed by atoms with Crippen LogP contribution in [-0.4, -0.2) is 26.3 Å². The zero-order valence-electron chi connectivity index (χ0n) is 10.1. The molecule has 5 nitrogen and oxygen atoms in total. The molecule has 0 spiro atoms. The Balaban J connectivity index is 3.18. The number of halogens is 1. The van der Waals surface area contributed by atoms with Crippen LogP contribution in [0.1, 0.15) is 12.0 Å². The summed E-state index contributed by atoms with van der Waals surface area (Å²) >= 11 is 5.89. The summed E-state index contributed by atoms with van der Waals surface area (Å²) < 4.78 is 25.5. The normalized spacial score (nSPS) is 11.5. The number of sulfonamides is 1. The van der Waals surface area contributed by atoms with Crippen molar-refractivity contribution in [2.75, 3.05) is 19.3 Å². The van der Waals surface area contributed by atoms with Gasteiger partial charge in [0.25, 0.3) is 0 Å². The Morgan fingerprint density at radius 3 is 2.61 bits per heavy atom. The summed E-state index contributed by atoms with van der Waals surface area (Å²) in [7, 11) is -2.21. The minimum atomic E-state index is -3.63. The van der Waals surface area contributed by atoms with Crippen molar-refractivity contribution in [1.82, 2.24) is 4.31 Å². The molecule has 0 aliphatic rings. The van der Waals surface area contributed by atoms with Crippen LogP contribution in [-0.2, 0) is 10.0 Å². The zero-order chi connectivity index (χ0) is 13.9. The molecule has 18 heavy (non-hydrogen) atoms. The molecule has 0 saturated carbocycles. The lowest BCUT2D eigenvalue weighted by atomic mass is 10.2. The molecule has 0 amide bonds. The molecule has 0 bridgehead atoms. The molecule has 1 aromatic rings. The molecular formula is C11H14ClN3O2S. The monoisotopic (exact) mass is 287 g/mol. The summed E-state index contributed by atoms with van der Waals surface area (Å²) in [5.41, 5.74) is 6.48. The molecule has 7 heteroatoms. The van der Waals surface area contributed by atoms with Crippen LogP contribution in [0.25, 0.3) is 0 Å². The highest BCUT2D eigenvalue weighted by atomic mass is 35.5. The van der Waals surface area contributed by atoms with E-state index in [0.29, 0.717) is 10.6 Å². The van der Waals surface area contributed by atoms with Gasteiger partial charge in [-0.1, -0.05) is 11.6 Å². The van der Waals surface area contributed by atoms with Crippen molar-refractivity contribution in [3.8, 4) is 6.07 Å². The van der Waals surface area contributed by atoms with E-state index in [1.54, 1.807) is 6.92 Å². The Kier molecular flexibility index (Phi) is 4.57. The van der Waals surface area contributed by atoms with Gasteiger partial charge >= 0.3 is 0 Å². The van der Waals surface area contributed by atoms with Gasteiger partial charge in [-0.2, -0.15) is 9.57 Å². The third-order valence-corrected chi connectivity index (χ3v) is 4.85. The van der Waals surface area contributed by atoms with E-state index in [0.717, 1.165) is 4.31 Å². The Labute approximate surface area is 112 Å². The van der Waals surface area contributed by atoms with Crippen LogP contribution in [0.15, 0.2) is 17.0 Å². The first-order valence-electron chi connectivity index (χ1n) is 5.19. The second-order valence-electron chi connectivity index (χ2n) is 3.88. The summed E-state index contributed by atoms with van der Waals surface area (Å²) in [5.74, 6) is 0. The summed E-state index contributed by atoms with van der Waals surface area (Å²) in [6.07, 6.45) is 0.137. The number of hydrogen-bond acceptors (Lipinski definition) is 4. The molecular weight excluding hydrogens is 274 g/mol. The number of nitrogens with two attached hydrogens (primary N) is 1. The van der Waals surface area contributed by atoms with Crippen LogP contribution in [0.2, 0.25) is 5.02 Å². The van der Waals surface area contributed by atoms with E-state index in [4.69, 9.17) is 22.6 Å². The number of aryl methyl sites for hydroxylation is 1. The van der Waals surface area contributed by atoms with Crippen molar-refractivity contribution in [3.63, 3.8) is 0 Å². The first-order chi connectivity index (χ1) is 8.30. The standard InChI is InChI=1S/C11H14ClN3O2S/c1-8-6-9(7-10(14)11(8)12)18(16,17)15(2)5-3-4-13/h6-7H,3,5,14H2,1-2H3. The quantitative estimate of drug-likeness (QED) is 0.855. The summed E-state index contributed by atoms with van der Waals surface area (Å²) in [4.78, 5) is 0.0855. The van der Waals surface area contributed by atoms with Crippen molar-refractivity contribution in [3.05, 3.63) is 22.7 Å². The molecule has 0 aliphatic heterocycles. The minimum absolute atomic E-state index is 0.0855. The van der Waals surface area contributed by atoms with Crippen LogP contribution in [0.5, 0.6) is 0 Å². The van der Waals surface area contributed by atoms with Crippen LogP contribution in [0.3, 0.4) is 0 Å². The van der Waals surface area contributed by atoms with E-state index >= 15 is 0 Å². The Bertz CT molecular complexity index is 570. The number of nitrogen functional groups attached to an aromatic ring is 1. The van der Waals surface area contributed by atoms with E-state index in [1.807, 2.05) is 6.07 Å². The van der Waals surface area contributed by atoms with Crippen molar-refractivity contribution in [1.29, 1.82) is 5.26 Å². The SMILES string of the molecule is Cc1cc(S(=O)(=O)N(C)CCC#N)cc(N)c1Cl. The molecule has 0 aromatic heterocycles. The summed E-state index contributed by atoms with van der Waals surface area (Å²) in [5, 5.41) is 8.82. The maximum atomic E-state index is 12.2. The lowest BCUT2D eigenvalue weighted by molar-refractivity contribution is 0.476. The number of hydrogen-bond donors (Lipinski definition) is 1. The maximum absolute atomic E-state index is 12.2. The lowest BCUT2D eigenvalue weighted by Crippen LogP contribution is -2.28. The largest absolute Gasteiger partial charge is 0.397 e. The Morgan fingerprint density at radius 2 is 2.11 bits per heavy atom. The molecule has 98 valence electrons. The van der Waals surface area contributed by atoms with Gasteiger partial charge in [0.1, 0.15) is 0 Å². The van der Waals surface area contributed by atoms with Gasteiger partial charge in [-0.15, -0.1) is 0 Å². The molecule has 0 atom stereocenters. The fraction of sp³-hybridized carbons (Fsp3) is 0.364. The van der Waals surface area contributed by atoms with Gasteiger partial charge in [0.05, 0.1) is 21.7 Å². The number of nitrogens with zero attached hydrogens (tertiary/aromatic N) is 2. The molecule has 2 N–H and O–H groups in total. The molecule has 0 fully saturated rings. The highest BCUT2D eigenvalue weighted by Gasteiger charge is 2.21. The fourth-order valence-corrected chi connectivity index (χ4v) is 2.82. The van der Waals surface area contributed by atoms with E-state index in [2.05, 4.69) is 0 Å². The molecule has 1 rings (SSSR count). The Morgan fingerprint density at radius 1 is 1.50 bits per heavy atom. The Hall–Kier alpha value is -1.29. The predicted molar refractivity (Wildman–Crippen MR) is 70.6 cm³/mol. The number of benzene rings is 1. The van der Waals surface area contributed by atoms with Gasteiger partial charge in [0, 0.05) is 20.0 Å². The summed E-state index contributed by atoms with van der Waals surface area (Å²) in [6.45, 7) is 1.83. The first kappa shape index (κ1) is 14.8. The van der Waals surface area contributed by atoms with Gasteiger partial charge in [0.2, 0.25) is 10.0 Å². The molecule has 0 saturated heterocycles. The van der Waals surface area contributed by atoms with Crippen LogP contribution >= 0.6 is 11.6 Å². The van der Waals surface area contributed by atoms with Gasteiger partial charge in [0.15, 0.2) is 0 Å².